The van der Waals surface area contributed by atoms with E-state index in [2.05, 4.69) is 59.1 Å². The normalized spacial score (nSPS) is 24.1. The fourth-order valence-electron chi connectivity index (χ4n) is 4.19. The van der Waals surface area contributed by atoms with Crippen molar-refractivity contribution in [1.82, 2.24) is 10.6 Å². The highest BCUT2D eigenvalue weighted by molar-refractivity contribution is 5.68. The molecule has 2 unspecified atom stereocenters. The van der Waals surface area contributed by atoms with Crippen LogP contribution in [-0.4, -0.2) is 38.0 Å². The van der Waals surface area contributed by atoms with Gasteiger partial charge in [0.25, 0.3) is 0 Å². The van der Waals surface area contributed by atoms with Crippen LogP contribution < -0.4 is 10.6 Å². The Bertz CT molecular complexity index is 505. The summed E-state index contributed by atoms with van der Waals surface area (Å²) in [5.74, 6) is 1.02. The summed E-state index contributed by atoms with van der Waals surface area (Å²) in [6, 6.07) is 0.0408. The minimum Gasteiger partial charge on any atom is -0.450 e. The Hall–Kier alpha value is -1.46. The molecule has 1 aliphatic rings. The summed E-state index contributed by atoms with van der Waals surface area (Å²) >= 11 is 0. The molecule has 0 aliphatic heterocycles. The highest BCUT2D eigenvalue weighted by Gasteiger charge is 2.42. The van der Waals surface area contributed by atoms with Gasteiger partial charge in [-0.15, -0.1) is 0 Å². The van der Waals surface area contributed by atoms with E-state index < -0.39 is 0 Å². The molecule has 0 aromatic rings. The molecule has 1 saturated carbocycles. The van der Waals surface area contributed by atoms with Crippen molar-refractivity contribution in [2.45, 2.75) is 86.6 Å². The van der Waals surface area contributed by atoms with Crippen molar-refractivity contribution in [2.75, 3.05) is 19.8 Å². The SMILES string of the molecule is CC(C)CCOC(=O)NCC1(C)CC(NC(=O)OCCC(C)C)CC(C)(C)C1. The lowest BCUT2D eigenvalue weighted by atomic mass is 9.62. The van der Waals surface area contributed by atoms with E-state index >= 15 is 0 Å². The van der Waals surface area contributed by atoms with Gasteiger partial charge in [0.1, 0.15) is 0 Å². The summed E-state index contributed by atoms with van der Waals surface area (Å²) in [6.45, 7) is 16.4. The standard InChI is InChI=1S/C22H42N2O4/c1-16(2)8-10-27-19(25)23-15-22(7)13-18(12-21(5,6)14-22)24-20(26)28-11-9-17(3)4/h16-18H,8-15H2,1-7H3,(H,23,25)(H,24,26). The average molecular weight is 399 g/mol. The zero-order valence-corrected chi connectivity index (χ0v) is 19.0. The summed E-state index contributed by atoms with van der Waals surface area (Å²) in [5.41, 5.74) is -0.0270. The van der Waals surface area contributed by atoms with Crippen LogP contribution in [0.1, 0.15) is 80.6 Å². The number of hydrogen-bond acceptors (Lipinski definition) is 4. The predicted molar refractivity (Wildman–Crippen MR) is 112 cm³/mol. The van der Waals surface area contributed by atoms with E-state index in [0.717, 1.165) is 32.1 Å². The molecule has 0 spiro atoms. The van der Waals surface area contributed by atoms with E-state index in [-0.39, 0.29) is 29.1 Å². The van der Waals surface area contributed by atoms with Gasteiger partial charge in [-0.1, -0.05) is 48.5 Å². The van der Waals surface area contributed by atoms with Gasteiger partial charge in [-0.2, -0.15) is 0 Å². The Morgan fingerprint density at radius 1 is 0.929 bits per heavy atom. The van der Waals surface area contributed by atoms with Gasteiger partial charge in [0.15, 0.2) is 0 Å². The molecule has 2 atom stereocenters. The number of nitrogens with one attached hydrogen (secondary N) is 2. The Labute approximate surface area is 171 Å². The van der Waals surface area contributed by atoms with Crippen LogP contribution in [0.3, 0.4) is 0 Å². The van der Waals surface area contributed by atoms with Crippen LogP contribution >= 0.6 is 0 Å². The van der Waals surface area contributed by atoms with Crippen LogP contribution in [0.25, 0.3) is 0 Å². The molecule has 0 saturated heterocycles. The molecule has 1 aliphatic carbocycles. The van der Waals surface area contributed by atoms with E-state index in [1.54, 1.807) is 0 Å². The molecule has 1 rings (SSSR count). The van der Waals surface area contributed by atoms with Crippen molar-refractivity contribution < 1.29 is 19.1 Å². The summed E-state index contributed by atoms with van der Waals surface area (Å²) in [7, 11) is 0. The smallest absolute Gasteiger partial charge is 0.407 e. The summed E-state index contributed by atoms with van der Waals surface area (Å²) < 4.78 is 10.6. The van der Waals surface area contributed by atoms with Gasteiger partial charge in [0, 0.05) is 12.6 Å². The lowest BCUT2D eigenvalue weighted by molar-refractivity contribution is 0.0616. The average Bonchev–Trinajstić information content (AvgIpc) is 2.50. The highest BCUT2D eigenvalue weighted by Crippen LogP contribution is 2.45. The van der Waals surface area contributed by atoms with Crippen LogP contribution in [0.5, 0.6) is 0 Å². The number of amides is 2. The number of ether oxygens (including phenoxy) is 2. The molecule has 0 aromatic carbocycles. The molecule has 0 radical (unpaired) electrons. The van der Waals surface area contributed by atoms with Crippen molar-refractivity contribution in [3.05, 3.63) is 0 Å². The van der Waals surface area contributed by atoms with Crippen molar-refractivity contribution in [1.29, 1.82) is 0 Å². The number of carbonyl (C=O) groups excluding carboxylic acids is 2. The minimum atomic E-state index is -0.358. The van der Waals surface area contributed by atoms with Gasteiger partial charge < -0.3 is 20.1 Å². The number of rotatable bonds is 9. The first kappa shape index (κ1) is 24.6. The Morgan fingerprint density at radius 3 is 2.00 bits per heavy atom. The van der Waals surface area contributed by atoms with Gasteiger partial charge >= 0.3 is 12.2 Å². The Balaban J connectivity index is 2.51. The second-order valence-electron chi connectivity index (χ2n) is 10.4. The first-order valence-corrected chi connectivity index (χ1v) is 10.7. The second kappa shape index (κ2) is 10.9. The third kappa shape index (κ3) is 10.2. The van der Waals surface area contributed by atoms with Crippen LogP contribution in [-0.2, 0) is 9.47 Å². The lowest BCUT2D eigenvalue weighted by Crippen LogP contribution is -2.50. The molecule has 2 N–H and O–H groups in total. The molecule has 164 valence electrons. The van der Waals surface area contributed by atoms with Gasteiger partial charge in [-0.3, -0.25) is 0 Å². The third-order valence-electron chi connectivity index (χ3n) is 5.28. The Kier molecular flexibility index (Phi) is 9.58. The molecule has 0 aromatic heterocycles. The Morgan fingerprint density at radius 2 is 1.46 bits per heavy atom. The van der Waals surface area contributed by atoms with Crippen LogP contribution in [0.15, 0.2) is 0 Å². The highest BCUT2D eigenvalue weighted by atomic mass is 16.6. The van der Waals surface area contributed by atoms with Crippen LogP contribution in [0, 0.1) is 22.7 Å². The zero-order chi connectivity index (χ0) is 21.4. The molecular weight excluding hydrogens is 356 g/mol. The fourth-order valence-corrected chi connectivity index (χ4v) is 4.19. The van der Waals surface area contributed by atoms with Gasteiger partial charge in [-0.25, -0.2) is 9.59 Å². The fraction of sp³-hybridized carbons (Fsp3) is 0.909. The van der Waals surface area contributed by atoms with Gasteiger partial charge in [0.2, 0.25) is 0 Å². The third-order valence-corrected chi connectivity index (χ3v) is 5.28. The van der Waals surface area contributed by atoms with Crippen LogP contribution in [0.4, 0.5) is 9.59 Å². The van der Waals surface area contributed by atoms with E-state index in [9.17, 15) is 9.59 Å². The van der Waals surface area contributed by atoms with E-state index in [0.29, 0.717) is 31.6 Å². The van der Waals surface area contributed by atoms with E-state index in [1.807, 2.05) is 0 Å². The lowest BCUT2D eigenvalue weighted by Gasteiger charge is -2.46. The topological polar surface area (TPSA) is 76.7 Å². The van der Waals surface area contributed by atoms with Crippen molar-refractivity contribution in [2.24, 2.45) is 22.7 Å². The quantitative estimate of drug-likeness (QED) is 0.565. The molecule has 28 heavy (non-hydrogen) atoms. The number of alkyl carbamates (subject to hydrolysis) is 2. The molecule has 2 amide bonds. The molecule has 6 heteroatoms. The number of hydrogen-bond donors (Lipinski definition) is 2. The minimum absolute atomic E-state index is 0.0408. The molecule has 0 heterocycles. The summed E-state index contributed by atoms with van der Waals surface area (Å²) in [4.78, 5) is 24.1. The molecule has 0 bridgehead atoms. The molecule has 6 nitrogen and oxygen atoms in total. The molecular formula is C22H42N2O4. The van der Waals surface area contributed by atoms with E-state index in [1.165, 1.54) is 0 Å². The monoisotopic (exact) mass is 398 g/mol. The first-order valence-electron chi connectivity index (χ1n) is 10.7. The summed E-state index contributed by atoms with van der Waals surface area (Å²) in [5, 5.41) is 5.95. The van der Waals surface area contributed by atoms with Crippen LogP contribution in [0.2, 0.25) is 0 Å². The van der Waals surface area contributed by atoms with Crippen molar-refractivity contribution in [3.63, 3.8) is 0 Å². The second-order valence-corrected chi connectivity index (χ2v) is 10.4. The maximum Gasteiger partial charge on any atom is 0.407 e. The number of carbonyl (C=O) groups is 2. The van der Waals surface area contributed by atoms with Crippen molar-refractivity contribution >= 4 is 12.2 Å². The predicted octanol–water partition coefficient (Wildman–Crippen LogP) is 5.12. The first-order chi connectivity index (χ1) is 12.9. The van der Waals surface area contributed by atoms with Crippen molar-refractivity contribution in [3.8, 4) is 0 Å². The van der Waals surface area contributed by atoms with Gasteiger partial charge in [-0.05, 0) is 54.8 Å². The summed E-state index contributed by atoms with van der Waals surface area (Å²) in [6.07, 6.45) is 3.72. The zero-order valence-electron chi connectivity index (χ0n) is 19.0. The maximum absolute atomic E-state index is 12.1. The van der Waals surface area contributed by atoms with Gasteiger partial charge in [0.05, 0.1) is 13.2 Å². The maximum atomic E-state index is 12.1. The molecule has 1 fully saturated rings. The largest absolute Gasteiger partial charge is 0.450 e. The van der Waals surface area contributed by atoms with E-state index in [4.69, 9.17) is 9.47 Å².